The number of ketones is 1. The van der Waals surface area contributed by atoms with Crippen LogP contribution in [0.5, 0.6) is 0 Å². The molecule has 0 amide bonds. The van der Waals surface area contributed by atoms with Crippen LogP contribution >= 0.6 is 0 Å². The summed E-state index contributed by atoms with van der Waals surface area (Å²) in [7, 11) is -3.43. The summed E-state index contributed by atoms with van der Waals surface area (Å²) in [4.78, 5) is 12.5. The van der Waals surface area contributed by atoms with Gasteiger partial charge in [-0.2, -0.15) is 4.31 Å². The summed E-state index contributed by atoms with van der Waals surface area (Å²) in [5.41, 5.74) is 1.04. The van der Waals surface area contributed by atoms with Crippen LogP contribution in [0.4, 0.5) is 0 Å². The van der Waals surface area contributed by atoms with Gasteiger partial charge in [-0.05, 0) is 37.8 Å². The molecule has 0 saturated carbocycles. The zero-order chi connectivity index (χ0) is 19.0. The van der Waals surface area contributed by atoms with Crippen molar-refractivity contribution in [3.63, 3.8) is 0 Å². The van der Waals surface area contributed by atoms with Gasteiger partial charge in [-0.15, -0.1) is 0 Å². The first-order valence-electron chi connectivity index (χ1n) is 10.0. The number of hydrogen-bond acceptors (Lipinski definition) is 3. The average Bonchev–Trinajstić information content (AvgIpc) is 3.07. The number of nitrogens with zero attached hydrogens (tertiary/aromatic N) is 1. The molecule has 5 heteroatoms. The Morgan fingerprint density at radius 3 is 2.42 bits per heavy atom. The largest absolute Gasteiger partial charge is 0.300 e. The Labute approximate surface area is 159 Å². The number of hydrogen-bond donors (Lipinski definition) is 0. The van der Waals surface area contributed by atoms with Gasteiger partial charge in [-0.3, -0.25) is 4.79 Å². The Hall–Kier alpha value is -1.20. The van der Waals surface area contributed by atoms with Crippen molar-refractivity contribution < 1.29 is 13.2 Å². The molecule has 0 bridgehead atoms. The van der Waals surface area contributed by atoms with Crippen LogP contribution in [0.25, 0.3) is 0 Å². The van der Waals surface area contributed by atoms with Crippen LogP contribution in [0.15, 0.2) is 29.2 Å². The SMILES string of the molecule is CCCCCCCCC(=O)CC1CCN(S(=O)(=O)c2ccc(C)cc2)C1. The van der Waals surface area contributed by atoms with Gasteiger partial charge in [-0.1, -0.05) is 56.7 Å². The maximum absolute atomic E-state index is 12.7. The lowest BCUT2D eigenvalue weighted by atomic mass is 9.98. The molecule has 0 N–H and O–H groups in total. The second-order valence-corrected chi connectivity index (χ2v) is 9.53. The molecule has 0 spiro atoms. The monoisotopic (exact) mass is 379 g/mol. The van der Waals surface area contributed by atoms with E-state index in [9.17, 15) is 13.2 Å². The van der Waals surface area contributed by atoms with E-state index in [1.807, 2.05) is 19.1 Å². The second-order valence-electron chi connectivity index (χ2n) is 7.59. The molecule has 1 heterocycles. The smallest absolute Gasteiger partial charge is 0.243 e. The normalized spacial score (nSPS) is 18.3. The van der Waals surface area contributed by atoms with Gasteiger partial charge in [0.1, 0.15) is 5.78 Å². The summed E-state index contributed by atoms with van der Waals surface area (Å²) >= 11 is 0. The van der Waals surface area contributed by atoms with E-state index < -0.39 is 10.0 Å². The van der Waals surface area contributed by atoms with Crippen molar-refractivity contribution in [1.29, 1.82) is 0 Å². The Morgan fingerprint density at radius 1 is 1.08 bits per heavy atom. The lowest BCUT2D eigenvalue weighted by molar-refractivity contribution is -0.120. The third kappa shape index (κ3) is 6.20. The summed E-state index contributed by atoms with van der Waals surface area (Å²) in [6.45, 7) is 5.13. The summed E-state index contributed by atoms with van der Waals surface area (Å²) in [6.07, 6.45) is 9.05. The molecule has 146 valence electrons. The highest BCUT2D eigenvalue weighted by atomic mass is 32.2. The molecule has 0 radical (unpaired) electrons. The van der Waals surface area contributed by atoms with E-state index in [0.29, 0.717) is 36.6 Å². The maximum atomic E-state index is 12.7. The molecule has 1 atom stereocenters. The lowest BCUT2D eigenvalue weighted by Crippen LogP contribution is -2.29. The molecule has 26 heavy (non-hydrogen) atoms. The van der Waals surface area contributed by atoms with Crippen LogP contribution in [0, 0.1) is 12.8 Å². The third-order valence-corrected chi connectivity index (χ3v) is 7.11. The van der Waals surface area contributed by atoms with Gasteiger partial charge in [0, 0.05) is 25.9 Å². The molecule has 1 aliphatic rings. The quantitative estimate of drug-likeness (QED) is 0.523. The van der Waals surface area contributed by atoms with E-state index >= 15 is 0 Å². The van der Waals surface area contributed by atoms with Gasteiger partial charge >= 0.3 is 0 Å². The Balaban J connectivity index is 1.75. The topological polar surface area (TPSA) is 54.5 Å². The van der Waals surface area contributed by atoms with Crippen LogP contribution in [-0.2, 0) is 14.8 Å². The molecule has 1 fully saturated rings. The van der Waals surface area contributed by atoms with E-state index in [1.165, 1.54) is 25.7 Å². The first kappa shape index (κ1) is 21.1. The first-order chi connectivity index (χ1) is 12.4. The fourth-order valence-electron chi connectivity index (χ4n) is 3.57. The lowest BCUT2D eigenvalue weighted by Gasteiger charge is -2.16. The van der Waals surface area contributed by atoms with Crippen molar-refractivity contribution in [2.24, 2.45) is 5.92 Å². The second kappa shape index (κ2) is 10.2. The minimum Gasteiger partial charge on any atom is -0.300 e. The van der Waals surface area contributed by atoms with Crippen molar-refractivity contribution >= 4 is 15.8 Å². The number of carbonyl (C=O) groups is 1. The summed E-state index contributed by atoms with van der Waals surface area (Å²) in [5, 5.41) is 0. The molecular formula is C21H33NO3S. The van der Waals surface area contributed by atoms with Gasteiger partial charge in [0.25, 0.3) is 0 Å². The number of sulfonamides is 1. The van der Waals surface area contributed by atoms with Crippen molar-refractivity contribution in [2.75, 3.05) is 13.1 Å². The number of unbranched alkanes of at least 4 members (excludes halogenated alkanes) is 5. The van der Waals surface area contributed by atoms with Crippen molar-refractivity contribution in [2.45, 2.75) is 76.5 Å². The number of benzene rings is 1. The molecule has 1 aromatic carbocycles. The highest BCUT2D eigenvalue weighted by Gasteiger charge is 2.33. The number of rotatable bonds is 11. The van der Waals surface area contributed by atoms with Gasteiger partial charge < -0.3 is 0 Å². The minimum atomic E-state index is -3.43. The van der Waals surface area contributed by atoms with Gasteiger partial charge in [0.15, 0.2) is 0 Å². The van der Waals surface area contributed by atoms with Gasteiger partial charge in [0.2, 0.25) is 10.0 Å². The van der Waals surface area contributed by atoms with E-state index in [1.54, 1.807) is 16.4 Å². The standard InChI is InChI=1S/C21H33NO3S/c1-3-4-5-6-7-8-9-20(23)16-19-14-15-22(17-19)26(24,25)21-12-10-18(2)11-13-21/h10-13,19H,3-9,14-17H2,1-2H3. The predicted molar refractivity (Wildman–Crippen MR) is 106 cm³/mol. The zero-order valence-electron chi connectivity index (χ0n) is 16.2. The third-order valence-electron chi connectivity index (χ3n) is 5.23. The predicted octanol–water partition coefficient (Wildman–Crippen LogP) is 4.72. The molecule has 1 unspecified atom stereocenters. The fraction of sp³-hybridized carbons (Fsp3) is 0.667. The molecule has 1 aromatic rings. The van der Waals surface area contributed by atoms with Crippen LogP contribution in [0.2, 0.25) is 0 Å². The zero-order valence-corrected chi connectivity index (χ0v) is 17.1. The molecule has 4 nitrogen and oxygen atoms in total. The van der Waals surface area contributed by atoms with Crippen LogP contribution in [0.1, 0.15) is 70.3 Å². The first-order valence-corrected chi connectivity index (χ1v) is 11.5. The van der Waals surface area contributed by atoms with Crippen molar-refractivity contribution in [3.05, 3.63) is 29.8 Å². The maximum Gasteiger partial charge on any atom is 0.243 e. The molecular weight excluding hydrogens is 346 g/mol. The summed E-state index contributed by atoms with van der Waals surface area (Å²) < 4.78 is 27.0. The number of carbonyl (C=O) groups excluding carboxylic acids is 1. The van der Waals surface area contributed by atoms with Crippen LogP contribution in [-0.4, -0.2) is 31.6 Å². The summed E-state index contributed by atoms with van der Waals surface area (Å²) in [5.74, 6) is 0.461. The van der Waals surface area contributed by atoms with E-state index in [-0.39, 0.29) is 5.92 Å². The van der Waals surface area contributed by atoms with E-state index in [0.717, 1.165) is 24.8 Å². The van der Waals surface area contributed by atoms with Gasteiger partial charge in [-0.25, -0.2) is 8.42 Å². The fourth-order valence-corrected chi connectivity index (χ4v) is 5.10. The highest BCUT2D eigenvalue weighted by molar-refractivity contribution is 7.89. The number of Topliss-reactive ketones (excluding diaryl/α,β-unsaturated/α-hetero) is 1. The minimum absolute atomic E-state index is 0.169. The molecule has 1 saturated heterocycles. The van der Waals surface area contributed by atoms with E-state index in [2.05, 4.69) is 6.92 Å². The molecule has 2 rings (SSSR count). The molecule has 0 aromatic heterocycles. The Kier molecular flexibility index (Phi) is 8.29. The van der Waals surface area contributed by atoms with Gasteiger partial charge in [0.05, 0.1) is 4.90 Å². The van der Waals surface area contributed by atoms with Crippen molar-refractivity contribution in [3.8, 4) is 0 Å². The van der Waals surface area contributed by atoms with Crippen LogP contribution in [0.3, 0.4) is 0 Å². The van der Waals surface area contributed by atoms with E-state index in [4.69, 9.17) is 0 Å². The highest BCUT2D eigenvalue weighted by Crippen LogP contribution is 2.27. The Bertz CT molecular complexity index is 667. The van der Waals surface area contributed by atoms with Crippen molar-refractivity contribution in [1.82, 2.24) is 4.31 Å². The van der Waals surface area contributed by atoms with Crippen LogP contribution < -0.4 is 0 Å². The summed E-state index contributed by atoms with van der Waals surface area (Å²) in [6, 6.07) is 6.98. The average molecular weight is 380 g/mol. The molecule has 0 aliphatic carbocycles. The number of aryl methyl sites for hydroxylation is 1. The Morgan fingerprint density at radius 2 is 1.73 bits per heavy atom. The molecule has 1 aliphatic heterocycles.